The van der Waals surface area contributed by atoms with E-state index in [4.69, 9.17) is 0 Å². The fourth-order valence-corrected chi connectivity index (χ4v) is 6.52. The molecule has 2 atom stereocenters. The van der Waals surface area contributed by atoms with Gasteiger partial charge >= 0.3 is 11.9 Å². The lowest BCUT2D eigenvalue weighted by Crippen LogP contribution is -2.21. The van der Waals surface area contributed by atoms with Crippen LogP contribution in [0, 0.1) is 11.8 Å². The third-order valence-corrected chi connectivity index (χ3v) is 9.32. The second kappa shape index (κ2) is 32.8. The van der Waals surface area contributed by atoms with Crippen molar-refractivity contribution in [2.75, 3.05) is 0 Å². The van der Waals surface area contributed by atoms with Crippen molar-refractivity contribution in [3.05, 3.63) is 0 Å². The topological polar surface area (TPSA) is 74.6 Å². The van der Waals surface area contributed by atoms with Crippen molar-refractivity contribution in [1.29, 1.82) is 0 Å². The summed E-state index contributed by atoms with van der Waals surface area (Å²) in [6.07, 6.45) is 40.1. The van der Waals surface area contributed by atoms with Crippen molar-refractivity contribution >= 4 is 11.9 Å². The van der Waals surface area contributed by atoms with Crippen LogP contribution in [0.5, 0.6) is 0 Å². The maximum atomic E-state index is 11.7. The number of hydrogen-bond donors (Lipinski definition) is 2. The molecule has 42 heavy (non-hydrogen) atoms. The first kappa shape index (κ1) is 40.9. The molecule has 0 saturated carbocycles. The second-order valence-corrected chi connectivity index (χ2v) is 13.5. The number of carbonyl (C=O) groups is 2. The van der Waals surface area contributed by atoms with E-state index < -0.39 is 17.9 Å². The molecule has 4 heteroatoms. The highest BCUT2D eigenvalue weighted by Crippen LogP contribution is 2.27. The summed E-state index contributed by atoms with van der Waals surface area (Å²) < 4.78 is 0. The summed E-state index contributed by atoms with van der Waals surface area (Å²) in [5, 5.41) is 18.8. The van der Waals surface area contributed by atoms with Crippen LogP contribution in [0.15, 0.2) is 0 Å². The lowest BCUT2D eigenvalue weighted by atomic mass is 9.85. The summed E-state index contributed by atoms with van der Waals surface area (Å²) >= 11 is 0. The zero-order valence-electron chi connectivity index (χ0n) is 28.5. The molecule has 250 valence electrons. The average molecular weight is 595 g/mol. The second-order valence-electron chi connectivity index (χ2n) is 13.5. The molecule has 0 aromatic rings. The highest BCUT2D eigenvalue weighted by Gasteiger charge is 2.24. The minimum absolute atomic E-state index is 0.247. The van der Waals surface area contributed by atoms with Gasteiger partial charge in [-0.3, -0.25) is 9.59 Å². The Balaban J connectivity index is 3.99. The van der Waals surface area contributed by atoms with Gasteiger partial charge in [0.1, 0.15) is 0 Å². The molecule has 0 rings (SSSR count). The molecule has 0 heterocycles. The summed E-state index contributed by atoms with van der Waals surface area (Å²) in [4.78, 5) is 22.9. The molecular formula is C38H74O4. The standard InChI is InChI=1S/C38H74O4/c1-3-5-7-9-11-13-15-17-18-19-20-22-24-26-28-30-32-35(33-36(38(41)42)34-37(39)40)31-29-27-25-23-21-16-14-12-10-8-6-4-2/h35-36H,3-34H2,1-2H3,(H,39,40)(H,41,42). The van der Waals surface area contributed by atoms with Gasteiger partial charge in [-0.25, -0.2) is 0 Å². The van der Waals surface area contributed by atoms with E-state index in [2.05, 4.69) is 13.8 Å². The molecule has 0 aromatic heterocycles. The highest BCUT2D eigenvalue weighted by atomic mass is 16.4. The van der Waals surface area contributed by atoms with E-state index in [1.807, 2.05) is 0 Å². The molecule has 0 radical (unpaired) electrons. The number of hydrogen-bond acceptors (Lipinski definition) is 2. The summed E-state index contributed by atoms with van der Waals surface area (Å²) in [6, 6.07) is 0. The Labute approximate surface area is 262 Å². The molecule has 2 N–H and O–H groups in total. The van der Waals surface area contributed by atoms with Crippen molar-refractivity contribution in [3.8, 4) is 0 Å². The van der Waals surface area contributed by atoms with Crippen LogP contribution in [0.4, 0.5) is 0 Å². The zero-order valence-corrected chi connectivity index (χ0v) is 28.5. The van der Waals surface area contributed by atoms with Crippen LogP contribution in [-0.2, 0) is 9.59 Å². The van der Waals surface area contributed by atoms with Crippen molar-refractivity contribution in [2.45, 2.75) is 219 Å². The van der Waals surface area contributed by atoms with Crippen LogP contribution in [-0.4, -0.2) is 22.2 Å². The van der Waals surface area contributed by atoms with E-state index in [1.165, 1.54) is 167 Å². The summed E-state index contributed by atoms with van der Waals surface area (Å²) in [5.41, 5.74) is 0. The predicted molar refractivity (Wildman–Crippen MR) is 181 cm³/mol. The monoisotopic (exact) mass is 595 g/mol. The largest absolute Gasteiger partial charge is 0.481 e. The van der Waals surface area contributed by atoms with Gasteiger partial charge in [0.15, 0.2) is 0 Å². The van der Waals surface area contributed by atoms with E-state index in [1.54, 1.807) is 0 Å². The zero-order chi connectivity index (χ0) is 30.9. The SMILES string of the molecule is CCCCCCCCCCCCCCCCCCC(CCCCCCCCCCCCCC)CC(CC(=O)O)C(=O)O. The smallest absolute Gasteiger partial charge is 0.307 e. The van der Waals surface area contributed by atoms with Crippen LogP contribution in [0.3, 0.4) is 0 Å². The fourth-order valence-electron chi connectivity index (χ4n) is 6.52. The lowest BCUT2D eigenvalue weighted by molar-refractivity contribution is -0.148. The molecule has 0 aliphatic carbocycles. The first-order chi connectivity index (χ1) is 20.5. The number of unbranched alkanes of at least 4 members (excludes halogenated alkanes) is 26. The van der Waals surface area contributed by atoms with Gasteiger partial charge in [0.05, 0.1) is 12.3 Å². The van der Waals surface area contributed by atoms with Gasteiger partial charge in [-0.05, 0) is 12.3 Å². The van der Waals surface area contributed by atoms with Crippen LogP contribution in [0.2, 0.25) is 0 Å². The van der Waals surface area contributed by atoms with Gasteiger partial charge in [0.2, 0.25) is 0 Å². The van der Waals surface area contributed by atoms with Gasteiger partial charge in [-0.15, -0.1) is 0 Å². The van der Waals surface area contributed by atoms with Gasteiger partial charge in [-0.1, -0.05) is 206 Å². The molecule has 0 aromatic carbocycles. The van der Waals surface area contributed by atoms with Gasteiger partial charge in [-0.2, -0.15) is 0 Å². The maximum Gasteiger partial charge on any atom is 0.307 e. The third-order valence-electron chi connectivity index (χ3n) is 9.32. The van der Waals surface area contributed by atoms with Crippen LogP contribution in [0.25, 0.3) is 0 Å². The first-order valence-electron chi connectivity index (χ1n) is 19.0. The summed E-state index contributed by atoms with van der Waals surface area (Å²) in [5.74, 6) is -2.33. The van der Waals surface area contributed by atoms with Crippen molar-refractivity contribution < 1.29 is 19.8 Å². The molecule has 0 bridgehead atoms. The quantitative estimate of drug-likeness (QED) is 0.0716. The van der Waals surface area contributed by atoms with Gasteiger partial charge in [0, 0.05) is 0 Å². The molecule has 0 spiro atoms. The molecule has 0 aliphatic rings. The molecule has 4 nitrogen and oxygen atoms in total. The number of carboxylic acids is 2. The minimum Gasteiger partial charge on any atom is -0.481 e. The molecule has 2 unspecified atom stereocenters. The highest BCUT2D eigenvalue weighted by molar-refractivity contribution is 5.77. The van der Waals surface area contributed by atoms with Crippen LogP contribution in [0.1, 0.15) is 219 Å². The normalized spacial score (nSPS) is 12.9. The molecule has 0 aliphatic heterocycles. The first-order valence-corrected chi connectivity index (χ1v) is 19.0. The van der Waals surface area contributed by atoms with E-state index in [0.29, 0.717) is 12.3 Å². The Hall–Kier alpha value is -1.06. The number of aliphatic carboxylic acids is 2. The van der Waals surface area contributed by atoms with Crippen LogP contribution < -0.4 is 0 Å². The maximum absolute atomic E-state index is 11.7. The Bertz CT molecular complexity index is 575. The van der Waals surface area contributed by atoms with Gasteiger partial charge in [0.25, 0.3) is 0 Å². The van der Waals surface area contributed by atoms with Crippen LogP contribution >= 0.6 is 0 Å². The number of carboxylic acid groups (broad SMARTS) is 2. The van der Waals surface area contributed by atoms with E-state index in [-0.39, 0.29) is 6.42 Å². The Morgan fingerprint density at radius 2 is 0.690 bits per heavy atom. The van der Waals surface area contributed by atoms with Crippen molar-refractivity contribution in [3.63, 3.8) is 0 Å². The molecule has 0 fully saturated rings. The van der Waals surface area contributed by atoms with Gasteiger partial charge < -0.3 is 10.2 Å². The third kappa shape index (κ3) is 30.4. The Morgan fingerprint density at radius 3 is 0.929 bits per heavy atom. The fraction of sp³-hybridized carbons (Fsp3) is 0.947. The minimum atomic E-state index is -0.992. The lowest BCUT2D eigenvalue weighted by Gasteiger charge is -2.20. The number of rotatable bonds is 35. The molecule has 0 saturated heterocycles. The van der Waals surface area contributed by atoms with Crippen molar-refractivity contribution in [2.24, 2.45) is 11.8 Å². The molecule has 0 amide bonds. The Kier molecular flexibility index (Phi) is 32.0. The Morgan fingerprint density at radius 1 is 0.429 bits per heavy atom. The average Bonchev–Trinajstić information content (AvgIpc) is 2.96. The molecular weight excluding hydrogens is 520 g/mol. The predicted octanol–water partition coefficient (Wildman–Crippen LogP) is 12.9. The van der Waals surface area contributed by atoms with E-state index in [9.17, 15) is 19.8 Å². The van der Waals surface area contributed by atoms with E-state index in [0.717, 1.165) is 25.7 Å². The summed E-state index contributed by atoms with van der Waals surface area (Å²) in [6.45, 7) is 4.55. The van der Waals surface area contributed by atoms with E-state index >= 15 is 0 Å². The summed E-state index contributed by atoms with van der Waals surface area (Å²) in [7, 11) is 0. The van der Waals surface area contributed by atoms with Crippen molar-refractivity contribution in [1.82, 2.24) is 0 Å².